The van der Waals surface area contributed by atoms with Gasteiger partial charge in [-0.3, -0.25) is 10.1 Å². The number of alkyl halides is 1. The van der Waals surface area contributed by atoms with E-state index in [2.05, 4.69) is 26.2 Å². The van der Waals surface area contributed by atoms with Crippen LogP contribution in [0.1, 0.15) is 16.1 Å². The molecule has 0 unspecified atom stereocenters. The number of nitrogens with zero attached hydrogens (tertiary/aromatic N) is 1. The molecule has 1 heterocycles. The molecular weight excluding hydrogens is 359 g/mol. The summed E-state index contributed by atoms with van der Waals surface area (Å²) in [5.74, 6) is 0.0359. The van der Waals surface area contributed by atoms with Crippen LogP contribution in [0.3, 0.4) is 0 Å². The Morgan fingerprint density at radius 2 is 2.28 bits per heavy atom. The highest BCUT2D eigenvalue weighted by atomic mass is 79.9. The standard InChI is InChI=1S/C11H7BrCl2N2OS/c12-6-1-2-8(9(14)3-6)10(17)16-11-15-7(4-13)5-18-11/h1-3,5H,4H2,(H,15,16,17). The van der Waals surface area contributed by atoms with Crippen LogP contribution < -0.4 is 5.32 Å². The zero-order valence-electron chi connectivity index (χ0n) is 8.91. The number of halogens is 3. The third-order valence-corrected chi connectivity index (χ3v) is 3.97. The van der Waals surface area contributed by atoms with Crippen LogP contribution in [0.25, 0.3) is 0 Å². The van der Waals surface area contributed by atoms with Crippen molar-refractivity contribution in [2.45, 2.75) is 5.88 Å². The Bertz CT molecular complexity index is 588. The molecule has 0 saturated heterocycles. The van der Waals surface area contributed by atoms with E-state index in [1.54, 1.807) is 23.6 Å². The van der Waals surface area contributed by atoms with Crippen LogP contribution in [0.2, 0.25) is 5.02 Å². The minimum atomic E-state index is -0.289. The number of hydrogen-bond donors (Lipinski definition) is 1. The van der Waals surface area contributed by atoms with Gasteiger partial charge in [0.1, 0.15) is 0 Å². The highest BCUT2D eigenvalue weighted by molar-refractivity contribution is 9.10. The van der Waals surface area contributed by atoms with Crippen molar-refractivity contribution in [1.29, 1.82) is 0 Å². The molecular formula is C11H7BrCl2N2OS. The van der Waals surface area contributed by atoms with Crippen LogP contribution in [0.15, 0.2) is 28.1 Å². The van der Waals surface area contributed by atoms with E-state index in [-0.39, 0.29) is 5.91 Å². The van der Waals surface area contributed by atoms with Gasteiger partial charge in [0.15, 0.2) is 5.13 Å². The molecule has 0 spiro atoms. The van der Waals surface area contributed by atoms with Crippen molar-refractivity contribution < 1.29 is 4.79 Å². The molecule has 0 aliphatic carbocycles. The summed E-state index contributed by atoms with van der Waals surface area (Å²) in [7, 11) is 0. The fraction of sp³-hybridized carbons (Fsp3) is 0.0909. The first-order chi connectivity index (χ1) is 8.60. The normalized spacial score (nSPS) is 10.4. The van der Waals surface area contributed by atoms with Gasteiger partial charge in [0.2, 0.25) is 0 Å². The Morgan fingerprint density at radius 3 is 2.89 bits per heavy atom. The van der Waals surface area contributed by atoms with Gasteiger partial charge in [0.05, 0.1) is 22.2 Å². The number of nitrogens with one attached hydrogen (secondary N) is 1. The van der Waals surface area contributed by atoms with Gasteiger partial charge in [-0.05, 0) is 18.2 Å². The Balaban J connectivity index is 2.16. The molecule has 1 amide bonds. The van der Waals surface area contributed by atoms with E-state index in [0.29, 0.717) is 21.6 Å². The lowest BCUT2D eigenvalue weighted by Gasteiger charge is -2.04. The van der Waals surface area contributed by atoms with E-state index in [1.165, 1.54) is 11.3 Å². The molecule has 94 valence electrons. The fourth-order valence-corrected chi connectivity index (χ4v) is 2.96. The summed E-state index contributed by atoms with van der Waals surface area (Å²) in [5, 5.41) is 5.37. The first kappa shape index (κ1) is 13.8. The third kappa shape index (κ3) is 3.23. The molecule has 1 N–H and O–H groups in total. The number of carbonyl (C=O) groups excluding carboxylic acids is 1. The Hall–Kier alpha value is -0.620. The monoisotopic (exact) mass is 364 g/mol. The second-order valence-corrected chi connectivity index (χ2v) is 5.80. The van der Waals surface area contributed by atoms with E-state index in [1.807, 2.05) is 0 Å². The lowest BCUT2D eigenvalue weighted by molar-refractivity contribution is 0.102. The second-order valence-electron chi connectivity index (χ2n) is 3.36. The molecule has 0 atom stereocenters. The summed E-state index contributed by atoms with van der Waals surface area (Å²) in [4.78, 5) is 16.1. The third-order valence-electron chi connectivity index (χ3n) is 2.08. The van der Waals surface area contributed by atoms with Gasteiger partial charge in [-0.1, -0.05) is 27.5 Å². The van der Waals surface area contributed by atoms with Crippen molar-refractivity contribution in [1.82, 2.24) is 4.98 Å². The molecule has 2 aromatic rings. The van der Waals surface area contributed by atoms with Gasteiger partial charge >= 0.3 is 0 Å². The zero-order valence-corrected chi connectivity index (χ0v) is 12.8. The molecule has 3 nitrogen and oxygen atoms in total. The van der Waals surface area contributed by atoms with Gasteiger partial charge in [-0.15, -0.1) is 22.9 Å². The molecule has 1 aromatic heterocycles. The quantitative estimate of drug-likeness (QED) is 0.810. The Labute approximate surface area is 126 Å². The van der Waals surface area contributed by atoms with Gasteiger partial charge in [0, 0.05) is 9.85 Å². The average Bonchev–Trinajstić information content (AvgIpc) is 2.76. The van der Waals surface area contributed by atoms with Crippen LogP contribution in [0.5, 0.6) is 0 Å². The lowest BCUT2D eigenvalue weighted by atomic mass is 10.2. The van der Waals surface area contributed by atoms with E-state index in [0.717, 1.165) is 10.2 Å². The first-order valence-electron chi connectivity index (χ1n) is 4.87. The zero-order chi connectivity index (χ0) is 13.1. The van der Waals surface area contributed by atoms with E-state index in [9.17, 15) is 4.79 Å². The molecule has 0 aliphatic rings. The van der Waals surface area contributed by atoms with Crippen molar-refractivity contribution >= 4 is 61.5 Å². The molecule has 1 aromatic carbocycles. The summed E-state index contributed by atoms with van der Waals surface area (Å²) in [6.45, 7) is 0. The van der Waals surface area contributed by atoms with Crippen LogP contribution in [-0.2, 0) is 5.88 Å². The summed E-state index contributed by atoms with van der Waals surface area (Å²) in [6, 6.07) is 5.08. The number of carbonyl (C=O) groups is 1. The number of hydrogen-bond acceptors (Lipinski definition) is 3. The van der Waals surface area contributed by atoms with Crippen molar-refractivity contribution in [2.75, 3.05) is 5.32 Å². The molecule has 0 radical (unpaired) electrons. The summed E-state index contributed by atoms with van der Waals surface area (Å²) in [5.41, 5.74) is 1.14. The Kier molecular flexibility index (Phi) is 4.61. The molecule has 0 aliphatic heterocycles. The maximum Gasteiger partial charge on any atom is 0.258 e. The van der Waals surface area contributed by atoms with Gasteiger partial charge in [0.25, 0.3) is 5.91 Å². The van der Waals surface area contributed by atoms with E-state index in [4.69, 9.17) is 23.2 Å². The maximum atomic E-state index is 12.0. The van der Waals surface area contributed by atoms with Crippen molar-refractivity contribution in [2.24, 2.45) is 0 Å². The largest absolute Gasteiger partial charge is 0.298 e. The number of aromatic nitrogens is 1. The Morgan fingerprint density at radius 1 is 1.50 bits per heavy atom. The number of thiazole rings is 1. The minimum Gasteiger partial charge on any atom is -0.298 e. The summed E-state index contributed by atoms with van der Waals surface area (Å²) < 4.78 is 0.822. The van der Waals surface area contributed by atoms with Gasteiger partial charge < -0.3 is 0 Å². The van der Waals surface area contributed by atoms with E-state index < -0.39 is 0 Å². The van der Waals surface area contributed by atoms with Crippen molar-refractivity contribution in [3.8, 4) is 0 Å². The number of benzene rings is 1. The second kappa shape index (κ2) is 6.02. The predicted octanol–water partition coefficient (Wildman–Crippen LogP) is 4.55. The SMILES string of the molecule is O=C(Nc1nc(CCl)cs1)c1ccc(Br)cc1Cl. The maximum absolute atomic E-state index is 12.0. The topological polar surface area (TPSA) is 42.0 Å². The van der Waals surface area contributed by atoms with E-state index >= 15 is 0 Å². The number of amides is 1. The number of anilines is 1. The number of rotatable bonds is 3. The average molecular weight is 366 g/mol. The summed E-state index contributed by atoms with van der Waals surface area (Å²) in [6.07, 6.45) is 0. The first-order valence-corrected chi connectivity index (χ1v) is 7.45. The highest BCUT2D eigenvalue weighted by Gasteiger charge is 2.12. The van der Waals surface area contributed by atoms with Gasteiger partial charge in [-0.2, -0.15) is 0 Å². The van der Waals surface area contributed by atoms with Crippen LogP contribution >= 0.6 is 50.5 Å². The fourth-order valence-electron chi connectivity index (χ4n) is 1.26. The molecule has 0 fully saturated rings. The molecule has 7 heteroatoms. The lowest BCUT2D eigenvalue weighted by Crippen LogP contribution is -2.12. The van der Waals surface area contributed by atoms with Crippen molar-refractivity contribution in [3.05, 3.63) is 44.3 Å². The molecule has 2 rings (SSSR count). The molecule has 18 heavy (non-hydrogen) atoms. The minimum absolute atomic E-state index is 0.289. The van der Waals surface area contributed by atoms with Crippen LogP contribution in [0, 0.1) is 0 Å². The van der Waals surface area contributed by atoms with Gasteiger partial charge in [-0.25, -0.2) is 4.98 Å². The van der Waals surface area contributed by atoms with Crippen LogP contribution in [-0.4, -0.2) is 10.9 Å². The molecule has 0 saturated carbocycles. The smallest absolute Gasteiger partial charge is 0.258 e. The highest BCUT2D eigenvalue weighted by Crippen LogP contribution is 2.23. The van der Waals surface area contributed by atoms with Crippen LogP contribution in [0.4, 0.5) is 5.13 Å². The molecule has 0 bridgehead atoms. The van der Waals surface area contributed by atoms with Crippen molar-refractivity contribution in [3.63, 3.8) is 0 Å². The predicted molar refractivity (Wildman–Crippen MR) is 78.8 cm³/mol. The summed E-state index contributed by atoms with van der Waals surface area (Å²) >= 11 is 16.2.